The zero-order valence-electron chi connectivity index (χ0n) is 17.5. The molecule has 2 N–H and O–H groups in total. The van der Waals surface area contributed by atoms with Crippen molar-refractivity contribution in [2.75, 3.05) is 14.2 Å². The summed E-state index contributed by atoms with van der Waals surface area (Å²) in [6, 6.07) is 21.0. The lowest BCUT2D eigenvalue weighted by atomic mass is 10.0. The first-order chi connectivity index (χ1) is 15.1. The molecule has 7 nitrogen and oxygen atoms in total. The first-order valence-electron chi connectivity index (χ1n) is 9.71. The predicted molar refractivity (Wildman–Crippen MR) is 121 cm³/mol. The smallest absolute Gasteiger partial charge is 0.289 e. The molecule has 0 saturated heterocycles. The second-order valence-corrected chi connectivity index (χ2v) is 6.90. The molecular formula is C24H22N4O3. The van der Waals surface area contributed by atoms with Crippen molar-refractivity contribution in [2.24, 2.45) is 5.10 Å². The number of amides is 1. The van der Waals surface area contributed by atoms with Crippen LogP contribution in [0.4, 0.5) is 0 Å². The van der Waals surface area contributed by atoms with Gasteiger partial charge in [-0.15, -0.1) is 0 Å². The number of carbonyl (C=O) groups excluding carboxylic acids is 1. The molecule has 1 aromatic heterocycles. The molecule has 4 rings (SSSR count). The maximum atomic E-state index is 12.6. The molecule has 4 aromatic rings. The Hall–Kier alpha value is -4.13. The van der Waals surface area contributed by atoms with Crippen LogP contribution in [-0.2, 0) is 0 Å². The molecule has 0 radical (unpaired) electrons. The van der Waals surface area contributed by atoms with Crippen LogP contribution in [0.15, 0.2) is 71.8 Å². The summed E-state index contributed by atoms with van der Waals surface area (Å²) < 4.78 is 10.7. The van der Waals surface area contributed by atoms with E-state index in [1.165, 1.54) is 0 Å². The lowest BCUT2D eigenvalue weighted by Crippen LogP contribution is -2.19. The van der Waals surface area contributed by atoms with Crippen LogP contribution in [0.1, 0.15) is 23.0 Å². The average Bonchev–Trinajstić information content (AvgIpc) is 3.31. The molecule has 0 spiro atoms. The molecule has 0 unspecified atom stereocenters. The number of rotatable bonds is 6. The molecule has 0 aliphatic heterocycles. The number of nitrogens with one attached hydrogen (secondary N) is 2. The highest BCUT2D eigenvalue weighted by Crippen LogP contribution is 2.36. The summed E-state index contributed by atoms with van der Waals surface area (Å²) in [6.45, 7) is 1.82. The van der Waals surface area contributed by atoms with Crippen LogP contribution in [0.2, 0.25) is 0 Å². The van der Waals surface area contributed by atoms with Gasteiger partial charge >= 0.3 is 0 Å². The largest absolute Gasteiger partial charge is 0.497 e. The van der Waals surface area contributed by atoms with Gasteiger partial charge < -0.3 is 9.47 Å². The van der Waals surface area contributed by atoms with Gasteiger partial charge in [-0.25, -0.2) is 5.43 Å². The maximum absolute atomic E-state index is 12.6. The van der Waals surface area contributed by atoms with Gasteiger partial charge in [0.1, 0.15) is 17.2 Å². The van der Waals surface area contributed by atoms with E-state index in [0.717, 1.165) is 27.6 Å². The van der Waals surface area contributed by atoms with Crippen molar-refractivity contribution in [2.45, 2.75) is 6.92 Å². The summed E-state index contributed by atoms with van der Waals surface area (Å²) >= 11 is 0. The maximum Gasteiger partial charge on any atom is 0.289 e. The fourth-order valence-electron chi connectivity index (χ4n) is 3.34. The SMILES string of the molecule is COc1ccc(/C(C)=N\NC(=O)c2cc(-c3c(OC)ccc4ccccc34)n[nH]2)cc1. The second kappa shape index (κ2) is 8.71. The Kier molecular flexibility index (Phi) is 5.66. The number of aromatic amines is 1. The molecular weight excluding hydrogens is 392 g/mol. The fraction of sp³-hybridized carbons (Fsp3) is 0.125. The quantitative estimate of drug-likeness (QED) is 0.362. The van der Waals surface area contributed by atoms with Crippen LogP contribution in [0.5, 0.6) is 11.5 Å². The van der Waals surface area contributed by atoms with Crippen LogP contribution in [-0.4, -0.2) is 36.0 Å². The summed E-state index contributed by atoms with van der Waals surface area (Å²) in [5.74, 6) is 1.06. The summed E-state index contributed by atoms with van der Waals surface area (Å²) in [7, 11) is 3.23. The Morgan fingerprint density at radius 3 is 2.52 bits per heavy atom. The zero-order valence-corrected chi connectivity index (χ0v) is 17.5. The van der Waals surface area contributed by atoms with E-state index in [0.29, 0.717) is 22.8 Å². The molecule has 0 aliphatic rings. The summed E-state index contributed by atoms with van der Waals surface area (Å²) in [6.07, 6.45) is 0. The Morgan fingerprint density at radius 2 is 1.77 bits per heavy atom. The molecule has 1 amide bonds. The lowest BCUT2D eigenvalue weighted by Gasteiger charge is -2.09. The van der Waals surface area contributed by atoms with Gasteiger partial charge in [-0.2, -0.15) is 10.2 Å². The Morgan fingerprint density at radius 1 is 1.00 bits per heavy atom. The minimum absolute atomic E-state index is 0.302. The second-order valence-electron chi connectivity index (χ2n) is 6.90. The van der Waals surface area contributed by atoms with Crippen molar-refractivity contribution in [3.8, 4) is 22.8 Å². The monoisotopic (exact) mass is 414 g/mol. The Balaban J connectivity index is 1.58. The third kappa shape index (κ3) is 4.11. The normalized spacial score (nSPS) is 11.4. The molecule has 3 aromatic carbocycles. The topological polar surface area (TPSA) is 88.6 Å². The average molecular weight is 414 g/mol. The van der Waals surface area contributed by atoms with Crippen LogP contribution >= 0.6 is 0 Å². The third-order valence-corrected chi connectivity index (χ3v) is 5.02. The first-order valence-corrected chi connectivity index (χ1v) is 9.71. The van der Waals surface area contributed by atoms with E-state index in [4.69, 9.17) is 9.47 Å². The highest BCUT2D eigenvalue weighted by Gasteiger charge is 2.16. The molecule has 7 heteroatoms. The molecule has 156 valence electrons. The number of carbonyl (C=O) groups is 1. The van der Waals surface area contributed by atoms with Crippen molar-refractivity contribution >= 4 is 22.4 Å². The van der Waals surface area contributed by atoms with Crippen molar-refractivity contribution in [1.29, 1.82) is 0 Å². The van der Waals surface area contributed by atoms with E-state index >= 15 is 0 Å². The van der Waals surface area contributed by atoms with Gasteiger partial charge in [0.15, 0.2) is 0 Å². The minimum Gasteiger partial charge on any atom is -0.497 e. The van der Waals surface area contributed by atoms with Gasteiger partial charge in [-0.05, 0) is 59.7 Å². The van der Waals surface area contributed by atoms with Gasteiger partial charge in [-0.3, -0.25) is 9.89 Å². The zero-order chi connectivity index (χ0) is 21.8. The number of nitrogens with zero attached hydrogens (tertiary/aromatic N) is 2. The number of hydrazone groups is 1. The third-order valence-electron chi connectivity index (χ3n) is 5.02. The van der Waals surface area contributed by atoms with E-state index in [1.807, 2.05) is 67.6 Å². The molecule has 31 heavy (non-hydrogen) atoms. The Labute approximate surface area is 179 Å². The van der Waals surface area contributed by atoms with Gasteiger partial charge in [-0.1, -0.05) is 30.3 Å². The summed E-state index contributed by atoms with van der Waals surface area (Å²) in [5, 5.41) is 13.4. The van der Waals surface area contributed by atoms with Gasteiger partial charge in [0, 0.05) is 0 Å². The number of H-pyrrole nitrogens is 1. The van der Waals surface area contributed by atoms with Gasteiger partial charge in [0.05, 0.1) is 31.2 Å². The van der Waals surface area contributed by atoms with Crippen LogP contribution in [0.25, 0.3) is 22.0 Å². The van der Waals surface area contributed by atoms with E-state index < -0.39 is 0 Å². The highest BCUT2D eigenvalue weighted by molar-refractivity contribution is 6.02. The van der Waals surface area contributed by atoms with E-state index in [9.17, 15) is 4.79 Å². The number of ether oxygens (including phenoxy) is 2. The first kappa shape index (κ1) is 20.2. The highest BCUT2D eigenvalue weighted by atomic mass is 16.5. The number of benzene rings is 3. The standard InChI is InChI=1S/C24H22N4O3/c1-15(16-8-11-18(30-2)12-9-16)25-28-24(29)21-14-20(26-27-21)23-19-7-5-4-6-17(19)10-13-22(23)31-3/h4-14H,1-3H3,(H,26,27)(H,28,29)/b25-15-. The molecule has 0 aliphatic carbocycles. The number of hydrogen-bond acceptors (Lipinski definition) is 5. The number of aromatic nitrogens is 2. The van der Waals surface area contributed by atoms with Crippen LogP contribution in [0, 0.1) is 0 Å². The number of fused-ring (bicyclic) bond motifs is 1. The summed E-state index contributed by atoms with van der Waals surface area (Å²) in [4.78, 5) is 12.6. The van der Waals surface area contributed by atoms with E-state index in [2.05, 4.69) is 20.7 Å². The summed E-state index contributed by atoms with van der Waals surface area (Å²) in [5.41, 5.74) is 5.88. The van der Waals surface area contributed by atoms with Crippen molar-refractivity contribution in [1.82, 2.24) is 15.6 Å². The van der Waals surface area contributed by atoms with Gasteiger partial charge in [0.25, 0.3) is 5.91 Å². The molecule has 0 saturated carbocycles. The van der Waals surface area contributed by atoms with Gasteiger partial charge in [0.2, 0.25) is 0 Å². The van der Waals surface area contributed by atoms with Crippen molar-refractivity contribution < 1.29 is 14.3 Å². The molecule has 0 atom stereocenters. The Bertz CT molecular complexity index is 1260. The molecule has 1 heterocycles. The lowest BCUT2D eigenvalue weighted by molar-refractivity contribution is 0.0950. The molecule has 0 fully saturated rings. The fourth-order valence-corrected chi connectivity index (χ4v) is 3.34. The minimum atomic E-state index is -0.384. The predicted octanol–water partition coefficient (Wildman–Crippen LogP) is 4.40. The van der Waals surface area contributed by atoms with Crippen molar-refractivity contribution in [3.05, 3.63) is 78.0 Å². The van der Waals surface area contributed by atoms with E-state index in [-0.39, 0.29) is 5.91 Å². The van der Waals surface area contributed by atoms with Crippen LogP contribution < -0.4 is 14.9 Å². The van der Waals surface area contributed by atoms with Crippen molar-refractivity contribution in [3.63, 3.8) is 0 Å². The van der Waals surface area contributed by atoms with Crippen LogP contribution in [0.3, 0.4) is 0 Å². The number of methoxy groups -OCH3 is 2. The van der Waals surface area contributed by atoms with E-state index in [1.54, 1.807) is 20.3 Å². The number of hydrogen-bond donors (Lipinski definition) is 2. The molecule has 0 bridgehead atoms.